The normalized spacial score (nSPS) is 12.4. The molecule has 0 saturated heterocycles. The second-order valence-electron chi connectivity index (χ2n) is 13.3. The van der Waals surface area contributed by atoms with E-state index in [2.05, 4.69) is 167 Å². The molecule has 0 saturated carbocycles. The third kappa shape index (κ3) is 3.25. The smallest absolute Gasteiger partial charge is 0.165 e. The maximum absolute atomic E-state index is 5.51. The number of hydrogen-bond donors (Lipinski definition) is 0. The highest BCUT2D eigenvalue weighted by molar-refractivity contribution is 6.35. The SMILES string of the molecule is c1ccc(-c2nc3c(ccc4ccccc43)nc2-n2c3cccc4c5cc6ccccc6c6c7ccccc7n(c7cccc2c7c43)c56)cc1. The molecule has 0 radical (unpaired) electrons. The quantitative estimate of drug-likeness (QED) is 0.177. The van der Waals surface area contributed by atoms with Crippen LogP contribution in [0, 0.1) is 0 Å². The Hall–Kier alpha value is -6.78. The molecule has 0 atom stereocenters. The molecule has 0 aliphatic heterocycles. The summed E-state index contributed by atoms with van der Waals surface area (Å²) in [6.07, 6.45) is 0. The van der Waals surface area contributed by atoms with Crippen LogP contribution >= 0.6 is 0 Å². The number of aromatic nitrogens is 4. The molecule has 0 fully saturated rings. The lowest BCUT2D eigenvalue weighted by atomic mass is 9.98. The van der Waals surface area contributed by atoms with E-state index in [-0.39, 0.29) is 0 Å². The molecule has 0 amide bonds. The largest absolute Gasteiger partial charge is 0.308 e. The molecule has 4 aromatic heterocycles. The number of nitrogens with zero attached hydrogens (tertiary/aromatic N) is 4. The van der Waals surface area contributed by atoms with E-state index in [0.717, 1.165) is 49.9 Å². The molecule has 230 valence electrons. The van der Waals surface area contributed by atoms with Gasteiger partial charge in [-0.3, -0.25) is 4.57 Å². The summed E-state index contributed by atoms with van der Waals surface area (Å²) in [7, 11) is 0. The van der Waals surface area contributed by atoms with Gasteiger partial charge in [-0.25, -0.2) is 9.97 Å². The van der Waals surface area contributed by atoms with Crippen LogP contribution in [-0.4, -0.2) is 18.9 Å². The molecule has 12 aromatic rings. The molecule has 4 heterocycles. The fourth-order valence-corrected chi connectivity index (χ4v) is 8.75. The highest BCUT2D eigenvalue weighted by atomic mass is 15.1. The van der Waals surface area contributed by atoms with Gasteiger partial charge in [-0.1, -0.05) is 121 Å². The van der Waals surface area contributed by atoms with E-state index >= 15 is 0 Å². The third-order valence-corrected chi connectivity index (χ3v) is 10.8. The van der Waals surface area contributed by atoms with Gasteiger partial charge in [-0.05, 0) is 57.9 Å². The van der Waals surface area contributed by atoms with E-state index in [0.29, 0.717) is 0 Å². The Balaban J connectivity index is 1.33. The van der Waals surface area contributed by atoms with Crippen molar-refractivity contribution in [2.45, 2.75) is 0 Å². The van der Waals surface area contributed by atoms with Crippen LogP contribution in [0.2, 0.25) is 0 Å². The lowest BCUT2D eigenvalue weighted by Gasteiger charge is -2.15. The first-order valence-corrected chi connectivity index (χ1v) is 17.1. The molecule has 0 bridgehead atoms. The van der Waals surface area contributed by atoms with Crippen molar-refractivity contribution in [1.29, 1.82) is 0 Å². The minimum atomic E-state index is 0.829. The fourth-order valence-electron chi connectivity index (χ4n) is 8.75. The lowest BCUT2D eigenvalue weighted by Crippen LogP contribution is -2.04. The summed E-state index contributed by atoms with van der Waals surface area (Å²) in [4.78, 5) is 11.0. The highest BCUT2D eigenvalue weighted by Gasteiger charge is 2.25. The van der Waals surface area contributed by atoms with Crippen molar-refractivity contribution < 1.29 is 0 Å². The zero-order chi connectivity index (χ0) is 32.5. The minimum absolute atomic E-state index is 0.829. The van der Waals surface area contributed by atoms with E-state index < -0.39 is 0 Å². The van der Waals surface area contributed by atoms with Crippen molar-refractivity contribution >= 4 is 92.5 Å². The highest BCUT2D eigenvalue weighted by Crippen LogP contribution is 2.46. The Morgan fingerprint density at radius 1 is 0.400 bits per heavy atom. The first-order chi connectivity index (χ1) is 24.8. The predicted octanol–water partition coefficient (Wildman–Crippen LogP) is 11.9. The van der Waals surface area contributed by atoms with Gasteiger partial charge in [0.2, 0.25) is 0 Å². The van der Waals surface area contributed by atoms with Crippen molar-refractivity contribution in [2.75, 3.05) is 0 Å². The van der Waals surface area contributed by atoms with Crippen LogP contribution < -0.4 is 0 Å². The second kappa shape index (κ2) is 9.43. The van der Waals surface area contributed by atoms with Gasteiger partial charge >= 0.3 is 0 Å². The average Bonchev–Trinajstić information content (AvgIpc) is 3.67. The lowest BCUT2D eigenvalue weighted by molar-refractivity contribution is 1.08. The summed E-state index contributed by atoms with van der Waals surface area (Å²) in [6, 6.07) is 56.8. The summed E-state index contributed by atoms with van der Waals surface area (Å²) in [5.41, 5.74) is 9.57. The van der Waals surface area contributed by atoms with Gasteiger partial charge in [-0.15, -0.1) is 0 Å². The average molecular weight is 635 g/mol. The summed E-state index contributed by atoms with van der Waals surface area (Å²) in [6.45, 7) is 0. The third-order valence-electron chi connectivity index (χ3n) is 10.8. The van der Waals surface area contributed by atoms with Crippen molar-refractivity contribution in [2.24, 2.45) is 0 Å². The van der Waals surface area contributed by atoms with E-state index in [1.54, 1.807) is 0 Å². The standard InChI is InChI=1S/C46H26N4/c1-2-13-28(14-3-1)43-46(47-35-25-24-27-12-4-7-17-31(27)44(35)48-43)50-37-21-10-19-32-34-26-29-15-5-6-16-30(29)40-33-18-8-9-20-36(33)49(45(34)40)38-22-11-23-39(50)42(38)41(32)37/h1-26H. The number of rotatable bonds is 2. The molecular weight excluding hydrogens is 609 g/mol. The predicted molar refractivity (Wildman–Crippen MR) is 209 cm³/mol. The Bertz CT molecular complexity index is 3370. The van der Waals surface area contributed by atoms with E-state index in [4.69, 9.17) is 9.97 Å². The van der Waals surface area contributed by atoms with Gasteiger partial charge in [0.05, 0.1) is 38.6 Å². The maximum Gasteiger partial charge on any atom is 0.165 e. The number of fused-ring (bicyclic) bond motifs is 10. The first-order valence-electron chi connectivity index (χ1n) is 17.1. The van der Waals surface area contributed by atoms with Crippen molar-refractivity contribution in [3.8, 4) is 17.1 Å². The topological polar surface area (TPSA) is 35.1 Å². The molecule has 8 aromatic carbocycles. The van der Waals surface area contributed by atoms with Crippen molar-refractivity contribution in [1.82, 2.24) is 18.9 Å². The van der Waals surface area contributed by atoms with Crippen LogP contribution in [0.25, 0.3) is 110 Å². The van der Waals surface area contributed by atoms with Crippen LogP contribution in [0.4, 0.5) is 0 Å². The van der Waals surface area contributed by atoms with E-state index in [9.17, 15) is 0 Å². The Kier molecular flexibility index (Phi) is 4.94. The summed E-state index contributed by atoms with van der Waals surface area (Å²) in [5.74, 6) is 0.829. The number of benzene rings is 8. The molecule has 0 unspecified atom stereocenters. The molecule has 0 aliphatic carbocycles. The fraction of sp³-hybridized carbons (Fsp3) is 0. The van der Waals surface area contributed by atoms with Gasteiger partial charge in [-0.2, -0.15) is 0 Å². The zero-order valence-corrected chi connectivity index (χ0v) is 26.8. The van der Waals surface area contributed by atoms with Gasteiger partial charge in [0.25, 0.3) is 0 Å². The Morgan fingerprint density at radius 2 is 1.06 bits per heavy atom. The van der Waals surface area contributed by atoms with E-state index in [1.807, 2.05) is 0 Å². The first kappa shape index (κ1) is 26.2. The molecule has 0 aliphatic rings. The van der Waals surface area contributed by atoms with Gasteiger partial charge in [0.1, 0.15) is 5.69 Å². The Labute approximate surface area is 285 Å². The molecule has 4 heteroatoms. The van der Waals surface area contributed by atoms with Crippen LogP contribution in [0.1, 0.15) is 0 Å². The monoisotopic (exact) mass is 634 g/mol. The molecule has 0 spiro atoms. The van der Waals surface area contributed by atoms with Crippen LogP contribution in [-0.2, 0) is 0 Å². The molecular formula is C46H26N4. The minimum Gasteiger partial charge on any atom is -0.308 e. The van der Waals surface area contributed by atoms with Crippen LogP contribution in [0.3, 0.4) is 0 Å². The summed E-state index contributed by atoms with van der Waals surface area (Å²) < 4.78 is 4.87. The van der Waals surface area contributed by atoms with Crippen molar-refractivity contribution in [3.05, 3.63) is 158 Å². The Morgan fingerprint density at radius 3 is 1.94 bits per heavy atom. The summed E-state index contributed by atoms with van der Waals surface area (Å²) in [5, 5.41) is 12.3. The van der Waals surface area contributed by atoms with Gasteiger partial charge in [0.15, 0.2) is 5.82 Å². The van der Waals surface area contributed by atoms with Crippen LogP contribution in [0.15, 0.2) is 158 Å². The van der Waals surface area contributed by atoms with Crippen LogP contribution in [0.5, 0.6) is 0 Å². The van der Waals surface area contributed by atoms with Crippen molar-refractivity contribution in [3.63, 3.8) is 0 Å². The molecule has 50 heavy (non-hydrogen) atoms. The zero-order valence-electron chi connectivity index (χ0n) is 26.8. The van der Waals surface area contributed by atoms with Gasteiger partial charge < -0.3 is 4.40 Å². The number of hydrogen-bond acceptors (Lipinski definition) is 2. The molecule has 0 N–H and O–H groups in total. The summed E-state index contributed by atoms with van der Waals surface area (Å²) >= 11 is 0. The second-order valence-corrected chi connectivity index (χ2v) is 13.3. The van der Waals surface area contributed by atoms with Gasteiger partial charge in [0, 0.05) is 37.9 Å². The maximum atomic E-state index is 5.51. The number of para-hydroxylation sites is 1. The molecule has 12 rings (SSSR count). The van der Waals surface area contributed by atoms with E-state index in [1.165, 1.54) is 59.6 Å². The molecule has 4 nitrogen and oxygen atoms in total.